The SMILES string of the molecule is COCc1ncc(C(=O)c2ccccn2)c(C(=O)O)n1. The first-order valence-electron chi connectivity index (χ1n) is 5.67. The van der Waals surface area contributed by atoms with Crippen molar-refractivity contribution in [3.63, 3.8) is 0 Å². The van der Waals surface area contributed by atoms with Crippen LogP contribution in [0.5, 0.6) is 0 Å². The van der Waals surface area contributed by atoms with Crippen molar-refractivity contribution in [1.29, 1.82) is 0 Å². The Morgan fingerprint density at radius 3 is 2.70 bits per heavy atom. The number of methoxy groups -OCH3 is 1. The van der Waals surface area contributed by atoms with Gasteiger partial charge in [0.25, 0.3) is 0 Å². The molecule has 1 N–H and O–H groups in total. The summed E-state index contributed by atoms with van der Waals surface area (Å²) in [5.41, 5.74) is -0.322. The highest BCUT2D eigenvalue weighted by molar-refractivity contribution is 6.12. The number of ether oxygens (including phenoxy) is 1. The zero-order chi connectivity index (χ0) is 14.5. The fourth-order valence-electron chi connectivity index (χ4n) is 1.58. The lowest BCUT2D eigenvalue weighted by Crippen LogP contribution is -2.15. The molecule has 0 aromatic carbocycles. The van der Waals surface area contributed by atoms with Crippen molar-refractivity contribution in [2.75, 3.05) is 7.11 Å². The Kier molecular flexibility index (Phi) is 4.11. The van der Waals surface area contributed by atoms with E-state index < -0.39 is 11.8 Å². The van der Waals surface area contributed by atoms with Crippen molar-refractivity contribution in [2.45, 2.75) is 6.61 Å². The average molecular weight is 273 g/mol. The number of hydrogen-bond donors (Lipinski definition) is 1. The summed E-state index contributed by atoms with van der Waals surface area (Å²) < 4.78 is 4.83. The number of carboxylic acids is 1. The lowest BCUT2D eigenvalue weighted by Gasteiger charge is -2.05. The van der Waals surface area contributed by atoms with Crippen LogP contribution in [0.3, 0.4) is 0 Å². The molecule has 0 unspecified atom stereocenters. The first kappa shape index (κ1) is 13.8. The zero-order valence-electron chi connectivity index (χ0n) is 10.6. The van der Waals surface area contributed by atoms with Gasteiger partial charge in [-0.25, -0.2) is 14.8 Å². The molecule has 2 rings (SSSR count). The molecule has 7 heteroatoms. The minimum atomic E-state index is -1.30. The van der Waals surface area contributed by atoms with Crippen LogP contribution in [-0.2, 0) is 11.3 Å². The smallest absolute Gasteiger partial charge is 0.355 e. The highest BCUT2D eigenvalue weighted by Gasteiger charge is 2.21. The van der Waals surface area contributed by atoms with Gasteiger partial charge in [-0.1, -0.05) is 6.07 Å². The fraction of sp³-hybridized carbons (Fsp3) is 0.154. The first-order valence-corrected chi connectivity index (χ1v) is 5.67. The molecule has 0 bridgehead atoms. The van der Waals surface area contributed by atoms with Crippen molar-refractivity contribution in [3.05, 3.63) is 53.4 Å². The molecular formula is C13H11N3O4. The van der Waals surface area contributed by atoms with Crippen LogP contribution >= 0.6 is 0 Å². The fourth-order valence-corrected chi connectivity index (χ4v) is 1.58. The molecular weight excluding hydrogens is 262 g/mol. The second kappa shape index (κ2) is 5.98. The van der Waals surface area contributed by atoms with E-state index in [4.69, 9.17) is 9.84 Å². The third-order valence-electron chi connectivity index (χ3n) is 2.46. The van der Waals surface area contributed by atoms with Gasteiger partial charge in [-0.15, -0.1) is 0 Å². The summed E-state index contributed by atoms with van der Waals surface area (Å²) in [6.07, 6.45) is 2.63. The van der Waals surface area contributed by atoms with Crippen molar-refractivity contribution in [2.24, 2.45) is 0 Å². The summed E-state index contributed by atoms with van der Waals surface area (Å²) >= 11 is 0. The maximum absolute atomic E-state index is 12.2. The Morgan fingerprint density at radius 1 is 1.30 bits per heavy atom. The van der Waals surface area contributed by atoms with Crippen LogP contribution in [0.2, 0.25) is 0 Å². The Balaban J connectivity index is 2.46. The van der Waals surface area contributed by atoms with Crippen molar-refractivity contribution < 1.29 is 19.4 Å². The molecule has 102 valence electrons. The Labute approximate surface area is 114 Å². The number of carboxylic acid groups (broad SMARTS) is 1. The molecule has 0 radical (unpaired) electrons. The predicted octanol–water partition coefficient (Wildman–Crippen LogP) is 0.947. The molecule has 0 aliphatic rings. The van der Waals surface area contributed by atoms with Gasteiger partial charge in [-0.3, -0.25) is 9.78 Å². The lowest BCUT2D eigenvalue weighted by atomic mass is 10.1. The van der Waals surface area contributed by atoms with Crippen LogP contribution in [0.4, 0.5) is 0 Å². The van der Waals surface area contributed by atoms with Gasteiger partial charge in [0.05, 0.1) is 5.56 Å². The van der Waals surface area contributed by atoms with E-state index in [-0.39, 0.29) is 29.4 Å². The molecule has 0 fully saturated rings. The Hall–Kier alpha value is -2.67. The average Bonchev–Trinajstić information content (AvgIpc) is 2.47. The van der Waals surface area contributed by atoms with E-state index in [1.807, 2.05) is 0 Å². The minimum Gasteiger partial charge on any atom is -0.476 e. The molecule has 0 spiro atoms. The number of aromatic nitrogens is 3. The van der Waals surface area contributed by atoms with Gasteiger partial charge >= 0.3 is 5.97 Å². The van der Waals surface area contributed by atoms with Crippen molar-refractivity contribution in [1.82, 2.24) is 15.0 Å². The lowest BCUT2D eigenvalue weighted by molar-refractivity contribution is 0.0684. The summed E-state index contributed by atoms with van der Waals surface area (Å²) in [4.78, 5) is 35.0. The maximum atomic E-state index is 12.2. The van der Waals surface area contributed by atoms with Gasteiger partial charge in [0.2, 0.25) is 5.78 Å². The number of nitrogens with zero attached hydrogens (tertiary/aromatic N) is 3. The summed E-state index contributed by atoms with van der Waals surface area (Å²) in [5.74, 6) is -1.64. The molecule has 2 aromatic rings. The van der Waals surface area contributed by atoms with Crippen LogP contribution in [0.25, 0.3) is 0 Å². The minimum absolute atomic E-state index is 0.0678. The highest BCUT2D eigenvalue weighted by atomic mass is 16.5. The normalized spacial score (nSPS) is 10.2. The third kappa shape index (κ3) is 2.83. The van der Waals surface area contributed by atoms with Gasteiger partial charge in [-0.2, -0.15) is 0 Å². The van der Waals surface area contributed by atoms with E-state index >= 15 is 0 Å². The number of carbonyl (C=O) groups is 2. The number of aromatic carboxylic acids is 1. The van der Waals surface area contributed by atoms with Crippen LogP contribution < -0.4 is 0 Å². The molecule has 2 aromatic heterocycles. The number of rotatable bonds is 5. The standard InChI is InChI=1S/C13H11N3O4/c1-20-7-10-15-6-8(11(16-10)13(18)19)12(17)9-4-2-3-5-14-9/h2-6H,7H2,1H3,(H,18,19). The largest absolute Gasteiger partial charge is 0.476 e. The van der Waals surface area contributed by atoms with Crippen molar-refractivity contribution >= 4 is 11.8 Å². The highest BCUT2D eigenvalue weighted by Crippen LogP contribution is 2.11. The molecule has 0 aliphatic carbocycles. The zero-order valence-corrected chi connectivity index (χ0v) is 10.6. The number of pyridine rings is 1. The van der Waals surface area contributed by atoms with E-state index in [1.54, 1.807) is 12.1 Å². The van der Waals surface area contributed by atoms with E-state index in [2.05, 4.69) is 15.0 Å². The molecule has 7 nitrogen and oxygen atoms in total. The quantitative estimate of drug-likeness (QED) is 0.809. The Bertz CT molecular complexity index is 643. The van der Waals surface area contributed by atoms with E-state index in [0.717, 1.165) is 0 Å². The van der Waals surface area contributed by atoms with Gasteiger partial charge in [0.15, 0.2) is 11.5 Å². The van der Waals surface area contributed by atoms with E-state index in [0.29, 0.717) is 0 Å². The summed E-state index contributed by atoms with van der Waals surface area (Å²) in [6, 6.07) is 4.80. The van der Waals surface area contributed by atoms with E-state index in [1.165, 1.54) is 25.6 Å². The molecule has 0 saturated heterocycles. The molecule has 0 amide bonds. The first-order chi connectivity index (χ1) is 9.63. The molecule has 0 atom stereocenters. The van der Waals surface area contributed by atoms with Crippen LogP contribution in [0.1, 0.15) is 32.4 Å². The second-order valence-corrected chi connectivity index (χ2v) is 3.83. The molecule has 0 aliphatic heterocycles. The Morgan fingerprint density at radius 2 is 2.10 bits per heavy atom. The number of ketones is 1. The topological polar surface area (TPSA) is 102 Å². The monoisotopic (exact) mass is 273 g/mol. The van der Waals surface area contributed by atoms with E-state index in [9.17, 15) is 9.59 Å². The number of carbonyl (C=O) groups excluding carboxylic acids is 1. The molecule has 20 heavy (non-hydrogen) atoms. The third-order valence-corrected chi connectivity index (χ3v) is 2.46. The summed E-state index contributed by atoms with van der Waals surface area (Å²) in [7, 11) is 1.44. The summed E-state index contributed by atoms with van der Waals surface area (Å²) in [6.45, 7) is 0.0678. The van der Waals surface area contributed by atoms with Crippen molar-refractivity contribution in [3.8, 4) is 0 Å². The van der Waals surface area contributed by atoms with Gasteiger partial charge in [-0.05, 0) is 12.1 Å². The predicted molar refractivity (Wildman–Crippen MR) is 67.4 cm³/mol. The van der Waals surface area contributed by atoms with Crippen LogP contribution in [-0.4, -0.2) is 38.9 Å². The van der Waals surface area contributed by atoms with Crippen LogP contribution in [0.15, 0.2) is 30.6 Å². The van der Waals surface area contributed by atoms with Gasteiger partial charge in [0.1, 0.15) is 12.3 Å². The van der Waals surface area contributed by atoms with Crippen LogP contribution in [0, 0.1) is 0 Å². The summed E-state index contributed by atoms with van der Waals surface area (Å²) in [5, 5.41) is 9.15. The molecule has 2 heterocycles. The van der Waals surface area contributed by atoms with Gasteiger partial charge < -0.3 is 9.84 Å². The maximum Gasteiger partial charge on any atom is 0.355 e. The molecule has 0 saturated carbocycles. The second-order valence-electron chi connectivity index (χ2n) is 3.83. The van der Waals surface area contributed by atoms with Gasteiger partial charge in [0, 0.05) is 19.5 Å². The number of hydrogen-bond acceptors (Lipinski definition) is 6.